The van der Waals surface area contributed by atoms with E-state index >= 15 is 0 Å². The summed E-state index contributed by atoms with van der Waals surface area (Å²) in [7, 11) is -2.49. The van der Waals surface area contributed by atoms with Crippen LogP contribution in [-0.4, -0.2) is 84.9 Å². The lowest BCUT2D eigenvalue weighted by Gasteiger charge is -2.43. The molecule has 0 heterocycles. The maximum Gasteiger partial charge on any atom is 0.261 e. The minimum absolute atomic E-state index is 0.00434. The van der Waals surface area contributed by atoms with Crippen molar-refractivity contribution in [2.75, 3.05) is 49.3 Å². The third kappa shape index (κ3) is 19.4. The standard InChI is InChI=1S/C44H77NO3S2Si/c1-6-8-24-36-49-38-40(46)26-14-12-20-32-45(33-21-13-15-27-41(47)39-50-37-25-9-7-2)34-22-23-35-48-51(44(3,4)5,42-28-16-10-17-29-42)43-30-18-11-19-31-43/h10-11,16-19,28-31,40-41,46-47H,6-9,12-15,20-27,32-39H2,1-5H3. The van der Waals surface area contributed by atoms with Gasteiger partial charge in [-0.2, -0.15) is 23.5 Å². The van der Waals surface area contributed by atoms with Gasteiger partial charge in [-0.05, 0) is 97.9 Å². The molecular formula is C44H77NO3S2Si. The minimum atomic E-state index is -2.49. The molecule has 2 atom stereocenters. The number of aliphatic hydroxyl groups excluding tert-OH is 2. The van der Waals surface area contributed by atoms with E-state index in [1.807, 2.05) is 23.5 Å². The van der Waals surface area contributed by atoms with E-state index in [1.165, 1.54) is 86.1 Å². The number of hydrogen-bond acceptors (Lipinski definition) is 6. The summed E-state index contributed by atoms with van der Waals surface area (Å²) in [6, 6.07) is 22.0. The van der Waals surface area contributed by atoms with E-state index in [1.54, 1.807) is 0 Å². The molecular weight excluding hydrogens is 683 g/mol. The molecule has 2 N–H and O–H groups in total. The SMILES string of the molecule is CCCCCSCC(O)CCCCCN(CCCCCC(O)CSCCCCC)CCCCO[Si](c1ccccc1)(c1ccccc1)C(C)(C)C. The summed E-state index contributed by atoms with van der Waals surface area (Å²) in [5, 5.41) is 23.6. The Morgan fingerprint density at radius 1 is 0.588 bits per heavy atom. The van der Waals surface area contributed by atoms with E-state index in [4.69, 9.17) is 4.43 Å². The van der Waals surface area contributed by atoms with Crippen LogP contribution in [0, 0.1) is 0 Å². The van der Waals surface area contributed by atoms with Gasteiger partial charge in [-0.25, -0.2) is 0 Å². The average Bonchev–Trinajstić information content (AvgIpc) is 3.12. The Kier molecular flexibility index (Phi) is 26.0. The van der Waals surface area contributed by atoms with Gasteiger partial charge in [0.1, 0.15) is 0 Å². The summed E-state index contributed by atoms with van der Waals surface area (Å²) < 4.78 is 7.18. The third-order valence-electron chi connectivity index (χ3n) is 10.0. The number of thioether (sulfide) groups is 2. The Morgan fingerprint density at radius 2 is 1.02 bits per heavy atom. The van der Waals surface area contributed by atoms with Gasteiger partial charge < -0.3 is 19.5 Å². The van der Waals surface area contributed by atoms with Crippen molar-refractivity contribution in [1.29, 1.82) is 0 Å². The van der Waals surface area contributed by atoms with Crippen molar-refractivity contribution in [3.05, 3.63) is 60.7 Å². The van der Waals surface area contributed by atoms with Crippen LogP contribution in [0.2, 0.25) is 5.04 Å². The number of unbranched alkanes of at least 4 members (excludes halogenated alkanes) is 9. The zero-order valence-electron chi connectivity index (χ0n) is 33.5. The van der Waals surface area contributed by atoms with Gasteiger partial charge in [0, 0.05) is 18.1 Å². The molecule has 0 aromatic heterocycles. The van der Waals surface area contributed by atoms with Crippen LogP contribution >= 0.6 is 23.5 Å². The highest BCUT2D eigenvalue weighted by molar-refractivity contribution is 7.99. The normalized spacial score (nSPS) is 13.6. The van der Waals surface area contributed by atoms with Gasteiger partial charge in [-0.3, -0.25) is 0 Å². The van der Waals surface area contributed by atoms with Crippen molar-refractivity contribution >= 4 is 42.2 Å². The maximum atomic E-state index is 10.5. The Hall–Kier alpha value is -0.803. The first-order chi connectivity index (χ1) is 24.7. The molecule has 2 unspecified atom stereocenters. The second-order valence-corrected chi connectivity index (χ2v) is 22.2. The van der Waals surface area contributed by atoms with E-state index in [9.17, 15) is 10.2 Å². The Balaban J connectivity index is 1.86. The molecule has 0 bridgehead atoms. The first kappa shape index (κ1) is 46.4. The monoisotopic (exact) mass is 760 g/mol. The van der Waals surface area contributed by atoms with Gasteiger partial charge in [-0.15, -0.1) is 0 Å². The molecule has 0 saturated heterocycles. The van der Waals surface area contributed by atoms with E-state index < -0.39 is 8.32 Å². The van der Waals surface area contributed by atoms with Crippen LogP contribution in [0.1, 0.15) is 137 Å². The molecule has 0 saturated carbocycles. The van der Waals surface area contributed by atoms with E-state index in [0.29, 0.717) is 0 Å². The van der Waals surface area contributed by atoms with Crippen LogP contribution in [0.15, 0.2) is 60.7 Å². The fraction of sp³-hybridized carbons (Fsp3) is 0.727. The minimum Gasteiger partial charge on any atom is -0.407 e. The van der Waals surface area contributed by atoms with Crippen LogP contribution in [0.4, 0.5) is 0 Å². The number of rotatable bonds is 32. The summed E-state index contributed by atoms with van der Waals surface area (Å²) in [4.78, 5) is 2.68. The van der Waals surface area contributed by atoms with E-state index in [2.05, 4.69) is 100 Å². The molecule has 51 heavy (non-hydrogen) atoms. The maximum absolute atomic E-state index is 10.5. The van der Waals surface area contributed by atoms with Crippen molar-refractivity contribution in [3.63, 3.8) is 0 Å². The average molecular weight is 760 g/mol. The zero-order valence-corrected chi connectivity index (χ0v) is 36.1. The third-order valence-corrected chi connectivity index (χ3v) is 17.5. The fourth-order valence-corrected chi connectivity index (χ4v) is 13.7. The summed E-state index contributed by atoms with van der Waals surface area (Å²) in [5.41, 5.74) is 0. The van der Waals surface area contributed by atoms with Crippen LogP contribution in [0.3, 0.4) is 0 Å². The van der Waals surface area contributed by atoms with Crippen molar-refractivity contribution < 1.29 is 14.6 Å². The van der Waals surface area contributed by atoms with Crippen molar-refractivity contribution in [3.8, 4) is 0 Å². The molecule has 4 nitrogen and oxygen atoms in total. The van der Waals surface area contributed by atoms with E-state index in [0.717, 1.165) is 76.3 Å². The van der Waals surface area contributed by atoms with Crippen molar-refractivity contribution in [2.45, 2.75) is 155 Å². The molecule has 7 heteroatoms. The highest BCUT2D eigenvalue weighted by Crippen LogP contribution is 2.36. The largest absolute Gasteiger partial charge is 0.407 e. The van der Waals surface area contributed by atoms with Crippen LogP contribution in [-0.2, 0) is 4.43 Å². The smallest absolute Gasteiger partial charge is 0.261 e. The number of nitrogens with zero attached hydrogens (tertiary/aromatic N) is 1. The van der Waals surface area contributed by atoms with Crippen LogP contribution < -0.4 is 10.4 Å². The van der Waals surface area contributed by atoms with Gasteiger partial charge in [0.15, 0.2) is 0 Å². The van der Waals surface area contributed by atoms with Crippen molar-refractivity contribution in [1.82, 2.24) is 4.90 Å². The van der Waals surface area contributed by atoms with Gasteiger partial charge >= 0.3 is 0 Å². The van der Waals surface area contributed by atoms with Gasteiger partial charge in [0.05, 0.1) is 12.2 Å². The molecule has 0 aliphatic rings. The molecule has 0 amide bonds. The van der Waals surface area contributed by atoms with Gasteiger partial charge in [0.2, 0.25) is 0 Å². The molecule has 0 radical (unpaired) electrons. The summed E-state index contributed by atoms with van der Waals surface area (Å²) in [6.45, 7) is 15.7. The first-order valence-electron chi connectivity index (χ1n) is 20.7. The lowest BCUT2D eigenvalue weighted by atomic mass is 10.1. The number of hydrogen-bond donors (Lipinski definition) is 2. The molecule has 292 valence electrons. The van der Waals surface area contributed by atoms with Gasteiger partial charge in [0.25, 0.3) is 8.32 Å². The number of benzene rings is 2. The number of aliphatic hydroxyl groups is 2. The Morgan fingerprint density at radius 3 is 1.43 bits per heavy atom. The molecule has 0 fully saturated rings. The lowest BCUT2D eigenvalue weighted by molar-refractivity contribution is 0.181. The molecule has 2 rings (SSSR count). The van der Waals surface area contributed by atoms with E-state index in [-0.39, 0.29) is 17.2 Å². The summed E-state index contributed by atoms with van der Waals surface area (Å²) >= 11 is 3.84. The second kappa shape index (κ2) is 28.6. The molecule has 0 aliphatic carbocycles. The van der Waals surface area contributed by atoms with Crippen LogP contribution in [0.25, 0.3) is 0 Å². The van der Waals surface area contributed by atoms with Gasteiger partial charge in [-0.1, -0.05) is 147 Å². The quantitative estimate of drug-likeness (QED) is 0.0572. The predicted octanol–water partition coefficient (Wildman–Crippen LogP) is 10.3. The summed E-state index contributed by atoms with van der Waals surface area (Å²) in [5.74, 6) is 4.13. The predicted molar refractivity (Wildman–Crippen MR) is 232 cm³/mol. The molecule has 2 aromatic carbocycles. The fourth-order valence-electron chi connectivity index (χ4n) is 7.06. The molecule has 0 spiro atoms. The zero-order chi connectivity index (χ0) is 37.0. The second-order valence-electron chi connectivity index (χ2n) is 15.6. The summed E-state index contributed by atoms with van der Waals surface area (Å²) in [6.07, 6.45) is 18.4. The first-order valence-corrected chi connectivity index (χ1v) is 24.9. The van der Waals surface area contributed by atoms with Crippen LogP contribution in [0.5, 0.6) is 0 Å². The molecule has 0 aliphatic heterocycles. The Bertz CT molecular complexity index is 1000. The topological polar surface area (TPSA) is 52.9 Å². The molecule has 2 aromatic rings. The highest BCUT2D eigenvalue weighted by atomic mass is 32.2. The Labute approximate surface area is 324 Å². The highest BCUT2D eigenvalue weighted by Gasteiger charge is 2.49. The van der Waals surface area contributed by atoms with Crippen molar-refractivity contribution in [2.24, 2.45) is 0 Å². The lowest BCUT2D eigenvalue weighted by Crippen LogP contribution is -2.66.